The van der Waals surface area contributed by atoms with Crippen LogP contribution in [0.2, 0.25) is 0 Å². The third kappa shape index (κ3) is 5.00. The summed E-state index contributed by atoms with van der Waals surface area (Å²) >= 11 is 3.28. The van der Waals surface area contributed by atoms with Crippen molar-refractivity contribution in [3.05, 3.63) is 28.2 Å². The van der Waals surface area contributed by atoms with Crippen molar-refractivity contribution in [2.75, 3.05) is 32.8 Å². The second-order valence-electron chi connectivity index (χ2n) is 7.43. The molecule has 2 aliphatic rings. The van der Waals surface area contributed by atoms with Gasteiger partial charge >= 0.3 is 5.97 Å². The van der Waals surface area contributed by atoms with Gasteiger partial charge in [-0.15, -0.1) is 0 Å². The van der Waals surface area contributed by atoms with Crippen LogP contribution in [0.1, 0.15) is 49.4 Å². The van der Waals surface area contributed by atoms with Gasteiger partial charge in [-0.2, -0.15) is 4.31 Å². The van der Waals surface area contributed by atoms with E-state index in [1.807, 2.05) is 0 Å². The number of sulfonamides is 1. The Morgan fingerprint density at radius 1 is 1.10 bits per heavy atom. The Labute approximate surface area is 180 Å². The van der Waals surface area contributed by atoms with E-state index in [9.17, 15) is 18.0 Å². The van der Waals surface area contributed by atoms with Crippen molar-refractivity contribution in [1.29, 1.82) is 0 Å². The van der Waals surface area contributed by atoms with E-state index in [0.717, 1.165) is 25.7 Å². The number of hydrogen-bond acceptors (Lipinski definition) is 5. The maximum absolute atomic E-state index is 13.1. The maximum Gasteiger partial charge on any atom is 0.338 e. The monoisotopic (exact) mass is 486 g/mol. The molecule has 1 aromatic rings. The zero-order valence-electron chi connectivity index (χ0n) is 16.6. The highest BCUT2D eigenvalue weighted by molar-refractivity contribution is 9.10. The Hall–Kier alpha value is -1.45. The fraction of sp³-hybridized carbons (Fsp3) is 0.600. The molecule has 1 amide bonds. The largest absolute Gasteiger partial charge is 0.462 e. The molecule has 1 aromatic carbocycles. The average Bonchev–Trinajstić information content (AvgIpc) is 2.74. The number of halogens is 1. The van der Waals surface area contributed by atoms with Crippen LogP contribution in [0.5, 0.6) is 0 Å². The molecule has 0 spiro atoms. The smallest absolute Gasteiger partial charge is 0.338 e. The summed E-state index contributed by atoms with van der Waals surface area (Å²) in [6.45, 7) is 3.32. The first kappa shape index (κ1) is 22.2. The van der Waals surface area contributed by atoms with Crippen LogP contribution < -0.4 is 0 Å². The van der Waals surface area contributed by atoms with Crippen molar-refractivity contribution in [3.63, 3.8) is 0 Å². The van der Waals surface area contributed by atoms with E-state index in [1.54, 1.807) is 11.8 Å². The van der Waals surface area contributed by atoms with Gasteiger partial charge in [0.05, 0.1) is 17.1 Å². The summed E-state index contributed by atoms with van der Waals surface area (Å²) < 4.78 is 32.8. The Kier molecular flexibility index (Phi) is 7.34. The number of amides is 1. The molecule has 160 valence electrons. The van der Waals surface area contributed by atoms with Crippen LogP contribution in [0.4, 0.5) is 0 Å². The first-order chi connectivity index (χ1) is 13.8. The quantitative estimate of drug-likeness (QED) is 0.597. The second kappa shape index (κ2) is 9.57. The van der Waals surface area contributed by atoms with Crippen LogP contribution in [0.3, 0.4) is 0 Å². The summed E-state index contributed by atoms with van der Waals surface area (Å²) in [6.07, 6.45) is 5.27. The minimum Gasteiger partial charge on any atom is -0.462 e. The van der Waals surface area contributed by atoms with E-state index >= 15 is 0 Å². The predicted octanol–water partition coefficient (Wildman–Crippen LogP) is 3.04. The molecular formula is C20H27BrN2O5S. The van der Waals surface area contributed by atoms with E-state index in [2.05, 4.69) is 15.9 Å². The molecule has 1 aliphatic heterocycles. The number of carbonyl (C=O) groups excluding carboxylic acids is 2. The maximum atomic E-state index is 13.1. The van der Waals surface area contributed by atoms with Crippen molar-refractivity contribution >= 4 is 37.8 Å². The lowest BCUT2D eigenvalue weighted by atomic mass is 9.88. The Bertz CT molecular complexity index is 860. The fourth-order valence-corrected chi connectivity index (χ4v) is 6.41. The summed E-state index contributed by atoms with van der Waals surface area (Å²) in [5.41, 5.74) is 0.292. The molecule has 1 heterocycles. The molecule has 2 fully saturated rings. The zero-order valence-corrected chi connectivity index (χ0v) is 19.0. The van der Waals surface area contributed by atoms with E-state index in [0.29, 0.717) is 23.1 Å². The lowest BCUT2D eigenvalue weighted by Crippen LogP contribution is -2.52. The number of benzene rings is 1. The Morgan fingerprint density at radius 3 is 2.34 bits per heavy atom. The molecule has 3 rings (SSSR count). The van der Waals surface area contributed by atoms with Gasteiger partial charge in [-0.05, 0) is 53.9 Å². The molecular weight excluding hydrogens is 460 g/mol. The number of ether oxygens (including phenoxy) is 1. The molecule has 0 radical (unpaired) electrons. The highest BCUT2D eigenvalue weighted by Crippen LogP contribution is 2.29. The summed E-state index contributed by atoms with van der Waals surface area (Å²) in [7, 11) is -3.73. The van der Waals surface area contributed by atoms with Crippen molar-refractivity contribution < 1.29 is 22.7 Å². The summed E-state index contributed by atoms with van der Waals surface area (Å²) in [5.74, 6) is -0.231. The molecule has 1 saturated carbocycles. The third-order valence-electron chi connectivity index (χ3n) is 5.57. The van der Waals surface area contributed by atoms with Crippen LogP contribution in [-0.2, 0) is 19.6 Å². The molecule has 7 nitrogen and oxygen atoms in total. The van der Waals surface area contributed by atoms with E-state index in [-0.39, 0.29) is 36.4 Å². The van der Waals surface area contributed by atoms with Crippen LogP contribution >= 0.6 is 15.9 Å². The van der Waals surface area contributed by atoms with E-state index in [4.69, 9.17) is 4.74 Å². The van der Waals surface area contributed by atoms with Crippen molar-refractivity contribution in [2.24, 2.45) is 5.92 Å². The van der Waals surface area contributed by atoms with E-state index in [1.165, 1.54) is 28.9 Å². The van der Waals surface area contributed by atoms with Crippen molar-refractivity contribution in [2.45, 2.75) is 43.9 Å². The highest BCUT2D eigenvalue weighted by Gasteiger charge is 2.33. The number of piperazine rings is 1. The van der Waals surface area contributed by atoms with E-state index < -0.39 is 16.0 Å². The minimum absolute atomic E-state index is 0.0940. The first-order valence-corrected chi connectivity index (χ1v) is 12.3. The summed E-state index contributed by atoms with van der Waals surface area (Å²) in [5, 5.41) is 0. The number of hydrogen-bond donors (Lipinski definition) is 0. The predicted molar refractivity (Wildman–Crippen MR) is 112 cm³/mol. The van der Waals surface area contributed by atoms with Gasteiger partial charge in [-0.1, -0.05) is 19.3 Å². The van der Waals surface area contributed by atoms with Gasteiger partial charge in [-0.25, -0.2) is 13.2 Å². The topological polar surface area (TPSA) is 84.0 Å². The van der Waals surface area contributed by atoms with Crippen molar-refractivity contribution in [3.8, 4) is 0 Å². The summed E-state index contributed by atoms with van der Waals surface area (Å²) in [6, 6.07) is 4.34. The van der Waals surface area contributed by atoms with Gasteiger partial charge in [0.25, 0.3) is 0 Å². The fourth-order valence-electron chi connectivity index (χ4n) is 3.95. The molecule has 0 aromatic heterocycles. The lowest BCUT2D eigenvalue weighted by molar-refractivity contribution is -0.137. The molecule has 0 N–H and O–H groups in total. The van der Waals surface area contributed by atoms with Crippen molar-refractivity contribution in [1.82, 2.24) is 9.21 Å². The Morgan fingerprint density at radius 2 is 1.76 bits per heavy atom. The molecule has 1 saturated heterocycles. The summed E-state index contributed by atoms with van der Waals surface area (Å²) in [4.78, 5) is 26.5. The van der Waals surface area contributed by atoms with Gasteiger partial charge in [-0.3, -0.25) is 4.79 Å². The third-order valence-corrected chi connectivity index (χ3v) is 8.44. The molecule has 29 heavy (non-hydrogen) atoms. The second-order valence-corrected chi connectivity index (χ2v) is 10.2. The normalized spacial score (nSPS) is 19.2. The Balaban J connectivity index is 1.66. The zero-order chi connectivity index (χ0) is 21.0. The first-order valence-electron chi connectivity index (χ1n) is 10.1. The van der Waals surface area contributed by atoms with Crippen LogP contribution in [0.15, 0.2) is 27.6 Å². The average molecular weight is 487 g/mol. The van der Waals surface area contributed by atoms with Gasteiger partial charge in [0.2, 0.25) is 15.9 Å². The van der Waals surface area contributed by atoms with Crippen LogP contribution in [0.25, 0.3) is 0 Å². The number of nitrogens with zero attached hydrogens (tertiary/aromatic N) is 2. The SMILES string of the molecule is CCOC(=O)c1ccc(S(=O)(=O)N2CCN(C(=O)C3CCCCC3)CC2)c(Br)c1. The lowest BCUT2D eigenvalue weighted by Gasteiger charge is -2.36. The number of rotatable bonds is 5. The highest BCUT2D eigenvalue weighted by atomic mass is 79.9. The molecule has 0 unspecified atom stereocenters. The molecule has 0 atom stereocenters. The van der Waals surface area contributed by atoms with Gasteiger partial charge in [0.1, 0.15) is 0 Å². The minimum atomic E-state index is -3.73. The van der Waals surface area contributed by atoms with Gasteiger partial charge in [0, 0.05) is 36.6 Å². The van der Waals surface area contributed by atoms with Gasteiger partial charge < -0.3 is 9.64 Å². The van der Waals surface area contributed by atoms with Crippen LogP contribution in [-0.4, -0.2) is 62.3 Å². The van der Waals surface area contributed by atoms with Crippen LogP contribution in [0, 0.1) is 5.92 Å². The molecule has 9 heteroatoms. The molecule has 1 aliphatic carbocycles. The molecule has 0 bridgehead atoms. The number of carbonyl (C=O) groups is 2. The van der Waals surface area contributed by atoms with Gasteiger partial charge in [0.15, 0.2) is 0 Å². The standard InChI is InChI=1S/C20H27BrN2O5S/c1-2-28-20(25)16-8-9-18(17(21)14-16)29(26,27)23-12-10-22(11-13-23)19(24)15-6-4-3-5-7-15/h8-9,14-15H,2-7,10-13H2,1H3. The number of esters is 1.